The van der Waals surface area contributed by atoms with Gasteiger partial charge in [-0.3, -0.25) is 0 Å². The van der Waals surface area contributed by atoms with E-state index in [-0.39, 0.29) is 0 Å². The van der Waals surface area contributed by atoms with Crippen LogP contribution < -0.4 is 0 Å². The van der Waals surface area contributed by atoms with Gasteiger partial charge in [0.25, 0.3) is 0 Å². The maximum absolute atomic E-state index is 5.44. The fourth-order valence-corrected chi connectivity index (χ4v) is 1.25. The third-order valence-electron chi connectivity index (χ3n) is 1.47. The molecule has 0 amide bonds. The number of hydrogen-bond donors (Lipinski definition) is 0. The minimum absolute atomic E-state index is 0.380. The lowest BCUT2D eigenvalue weighted by Crippen LogP contribution is -1.78. The maximum Gasteiger partial charge on any atom is 0.0839 e. The summed E-state index contributed by atoms with van der Waals surface area (Å²) < 4.78 is 1.09. The molecule has 0 spiro atoms. The standard InChI is InChI=1S/C10H8BrCl/c1-8-4-5-9(3-2-6-12)7-10(8)11/h4-5,7H,6H2,1H3. The van der Waals surface area contributed by atoms with E-state index in [1.807, 2.05) is 25.1 Å². The predicted molar refractivity (Wildman–Crippen MR) is 56.5 cm³/mol. The third kappa shape index (κ3) is 2.55. The van der Waals surface area contributed by atoms with Crippen LogP contribution in [0.1, 0.15) is 11.1 Å². The van der Waals surface area contributed by atoms with Gasteiger partial charge in [-0.25, -0.2) is 0 Å². The van der Waals surface area contributed by atoms with Gasteiger partial charge in [0.05, 0.1) is 5.88 Å². The fraction of sp³-hybridized carbons (Fsp3) is 0.200. The van der Waals surface area contributed by atoms with Crippen LogP contribution in [-0.2, 0) is 0 Å². The lowest BCUT2D eigenvalue weighted by Gasteiger charge is -1.96. The molecule has 0 N–H and O–H groups in total. The molecule has 0 unspecified atom stereocenters. The van der Waals surface area contributed by atoms with E-state index in [4.69, 9.17) is 11.6 Å². The van der Waals surface area contributed by atoms with E-state index in [1.54, 1.807) is 0 Å². The molecule has 2 heteroatoms. The summed E-state index contributed by atoms with van der Waals surface area (Å²) in [5.41, 5.74) is 2.21. The molecule has 0 aliphatic carbocycles. The van der Waals surface area contributed by atoms with Crippen molar-refractivity contribution < 1.29 is 0 Å². The highest BCUT2D eigenvalue weighted by molar-refractivity contribution is 9.10. The van der Waals surface area contributed by atoms with E-state index < -0.39 is 0 Å². The Morgan fingerprint density at radius 2 is 2.25 bits per heavy atom. The molecule has 0 radical (unpaired) electrons. The van der Waals surface area contributed by atoms with E-state index in [0.29, 0.717) is 5.88 Å². The number of halogens is 2. The van der Waals surface area contributed by atoms with Crippen molar-refractivity contribution in [3.63, 3.8) is 0 Å². The molecular weight excluding hydrogens is 235 g/mol. The Bertz CT molecular complexity index is 333. The smallest absolute Gasteiger partial charge is 0.0839 e. The molecule has 0 bridgehead atoms. The quantitative estimate of drug-likeness (QED) is 0.484. The zero-order valence-electron chi connectivity index (χ0n) is 6.70. The van der Waals surface area contributed by atoms with E-state index in [1.165, 1.54) is 5.56 Å². The topological polar surface area (TPSA) is 0 Å². The molecular formula is C10H8BrCl. The summed E-state index contributed by atoms with van der Waals surface area (Å²) in [5.74, 6) is 6.14. The van der Waals surface area contributed by atoms with Gasteiger partial charge >= 0.3 is 0 Å². The number of benzene rings is 1. The van der Waals surface area contributed by atoms with Crippen LogP contribution in [0.15, 0.2) is 22.7 Å². The van der Waals surface area contributed by atoms with Gasteiger partial charge in [-0.1, -0.05) is 33.8 Å². The van der Waals surface area contributed by atoms with Gasteiger partial charge in [-0.15, -0.1) is 11.6 Å². The Balaban J connectivity index is 2.97. The van der Waals surface area contributed by atoms with E-state index in [0.717, 1.165) is 10.0 Å². The first-order chi connectivity index (χ1) is 5.74. The molecule has 0 atom stereocenters. The minimum atomic E-state index is 0.380. The van der Waals surface area contributed by atoms with Crippen LogP contribution in [0.2, 0.25) is 0 Å². The molecule has 0 fully saturated rings. The maximum atomic E-state index is 5.44. The molecule has 0 heterocycles. The number of alkyl halides is 1. The molecule has 12 heavy (non-hydrogen) atoms. The van der Waals surface area contributed by atoms with E-state index in [9.17, 15) is 0 Å². The van der Waals surface area contributed by atoms with Crippen LogP contribution in [0.25, 0.3) is 0 Å². The zero-order chi connectivity index (χ0) is 8.97. The average Bonchev–Trinajstić information content (AvgIpc) is 2.07. The van der Waals surface area contributed by atoms with Crippen LogP contribution in [0.3, 0.4) is 0 Å². The van der Waals surface area contributed by atoms with Crippen molar-refractivity contribution in [1.82, 2.24) is 0 Å². The van der Waals surface area contributed by atoms with Crippen molar-refractivity contribution in [3.05, 3.63) is 33.8 Å². The van der Waals surface area contributed by atoms with Crippen molar-refractivity contribution in [1.29, 1.82) is 0 Å². The second-order valence-corrected chi connectivity index (χ2v) is 3.52. The molecule has 0 aromatic heterocycles. The van der Waals surface area contributed by atoms with Crippen molar-refractivity contribution in [3.8, 4) is 11.8 Å². The molecule has 0 saturated carbocycles. The molecule has 0 aliphatic heterocycles. The first-order valence-corrected chi connectivity index (χ1v) is 4.88. The second kappa shape index (κ2) is 4.54. The lowest BCUT2D eigenvalue weighted by molar-refractivity contribution is 1.42. The van der Waals surface area contributed by atoms with Crippen molar-refractivity contribution in [2.75, 3.05) is 5.88 Å². The minimum Gasteiger partial charge on any atom is -0.113 e. The van der Waals surface area contributed by atoms with Gasteiger partial charge in [0.1, 0.15) is 0 Å². The third-order valence-corrected chi connectivity index (χ3v) is 2.46. The Morgan fingerprint density at radius 1 is 1.50 bits per heavy atom. The molecule has 1 aromatic rings. The van der Waals surface area contributed by atoms with Crippen LogP contribution in [-0.4, -0.2) is 5.88 Å². The van der Waals surface area contributed by atoms with Gasteiger partial charge < -0.3 is 0 Å². The summed E-state index contributed by atoms with van der Waals surface area (Å²) in [6.07, 6.45) is 0. The first kappa shape index (κ1) is 9.64. The molecule has 0 nitrogen and oxygen atoms in total. The van der Waals surface area contributed by atoms with Gasteiger partial charge in [0, 0.05) is 10.0 Å². The monoisotopic (exact) mass is 242 g/mol. The zero-order valence-corrected chi connectivity index (χ0v) is 9.04. The van der Waals surface area contributed by atoms with Crippen LogP contribution in [0.5, 0.6) is 0 Å². The number of hydrogen-bond acceptors (Lipinski definition) is 0. The Hall–Kier alpha value is -0.450. The summed E-state index contributed by atoms with van der Waals surface area (Å²) in [5, 5.41) is 0. The molecule has 62 valence electrons. The van der Waals surface area contributed by atoms with Gasteiger partial charge in [0.2, 0.25) is 0 Å². The van der Waals surface area contributed by atoms with Crippen molar-refractivity contribution >= 4 is 27.5 Å². The van der Waals surface area contributed by atoms with Crippen LogP contribution in [0, 0.1) is 18.8 Å². The lowest BCUT2D eigenvalue weighted by atomic mass is 10.2. The highest BCUT2D eigenvalue weighted by Gasteiger charge is 1.93. The van der Waals surface area contributed by atoms with Crippen molar-refractivity contribution in [2.45, 2.75) is 6.92 Å². The summed E-state index contributed by atoms with van der Waals surface area (Å²) in [4.78, 5) is 0. The van der Waals surface area contributed by atoms with E-state index in [2.05, 4.69) is 27.8 Å². The van der Waals surface area contributed by atoms with Crippen LogP contribution in [0.4, 0.5) is 0 Å². The molecule has 0 saturated heterocycles. The summed E-state index contributed by atoms with van der Waals surface area (Å²) in [7, 11) is 0. The van der Waals surface area contributed by atoms with Gasteiger partial charge in [0.15, 0.2) is 0 Å². The Labute approximate surface area is 86.1 Å². The van der Waals surface area contributed by atoms with E-state index >= 15 is 0 Å². The second-order valence-electron chi connectivity index (χ2n) is 2.40. The van der Waals surface area contributed by atoms with Gasteiger partial charge in [-0.2, -0.15) is 0 Å². The Kier molecular flexibility index (Phi) is 3.65. The SMILES string of the molecule is Cc1ccc(C#CCCl)cc1Br. The predicted octanol–water partition coefficient (Wildman–Crippen LogP) is 3.35. The average molecular weight is 244 g/mol. The largest absolute Gasteiger partial charge is 0.113 e. The highest BCUT2D eigenvalue weighted by Crippen LogP contribution is 2.16. The van der Waals surface area contributed by atoms with Gasteiger partial charge in [-0.05, 0) is 24.6 Å². The number of rotatable bonds is 0. The Morgan fingerprint density at radius 3 is 2.83 bits per heavy atom. The summed E-state index contributed by atoms with van der Waals surface area (Å²) in [6, 6.07) is 6.01. The van der Waals surface area contributed by atoms with Crippen LogP contribution >= 0.6 is 27.5 Å². The normalized spacial score (nSPS) is 8.92. The number of aryl methyl sites for hydroxylation is 1. The summed E-state index contributed by atoms with van der Waals surface area (Å²) >= 11 is 8.87. The molecule has 0 aliphatic rings. The van der Waals surface area contributed by atoms with Crippen molar-refractivity contribution in [2.24, 2.45) is 0 Å². The molecule has 1 rings (SSSR count). The summed E-state index contributed by atoms with van der Waals surface area (Å²) in [6.45, 7) is 2.04. The fourth-order valence-electron chi connectivity index (χ4n) is 0.806. The highest BCUT2D eigenvalue weighted by atomic mass is 79.9. The first-order valence-electron chi connectivity index (χ1n) is 3.55. The molecule has 1 aromatic carbocycles.